The van der Waals surface area contributed by atoms with Crippen molar-refractivity contribution in [1.29, 1.82) is 0 Å². The van der Waals surface area contributed by atoms with E-state index in [1.807, 2.05) is 30.3 Å². The molecule has 0 aromatic heterocycles. The Bertz CT molecular complexity index is 858. The van der Waals surface area contributed by atoms with Crippen molar-refractivity contribution in [2.75, 3.05) is 20.8 Å². The Kier molecular flexibility index (Phi) is 6.05. The summed E-state index contributed by atoms with van der Waals surface area (Å²) >= 11 is 6.49. The summed E-state index contributed by atoms with van der Waals surface area (Å²) in [6.07, 6.45) is 4.93. The number of rotatable bonds is 5. The van der Waals surface area contributed by atoms with Crippen LogP contribution < -0.4 is 9.47 Å². The lowest BCUT2D eigenvalue weighted by Crippen LogP contribution is -2.54. The fourth-order valence-corrected chi connectivity index (χ4v) is 5.44. The molecule has 156 valence electrons. The fourth-order valence-electron chi connectivity index (χ4n) is 5.25. The van der Waals surface area contributed by atoms with Gasteiger partial charge in [-0.25, -0.2) is 0 Å². The zero-order chi connectivity index (χ0) is 20.4. The normalized spacial score (nSPS) is 27.3. The number of methoxy groups -OCH3 is 2. The van der Waals surface area contributed by atoms with Crippen LogP contribution in [0, 0.1) is 5.92 Å². The highest BCUT2D eigenvalue weighted by atomic mass is 35.5. The minimum Gasteiger partial charge on any atom is -0.497 e. The fraction of sp³-hybridized carbons (Fsp3) is 0.500. The molecule has 4 rings (SSSR count). The molecule has 1 heterocycles. The number of benzene rings is 2. The molecule has 2 aromatic carbocycles. The van der Waals surface area contributed by atoms with Gasteiger partial charge >= 0.3 is 0 Å². The molecule has 4 nitrogen and oxygen atoms in total. The van der Waals surface area contributed by atoms with E-state index in [1.165, 1.54) is 0 Å². The second kappa shape index (κ2) is 8.55. The highest BCUT2D eigenvalue weighted by Crippen LogP contribution is 2.51. The number of ether oxygens (including phenoxy) is 2. The Labute approximate surface area is 178 Å². The molecule has 2 aliphatic rings. The van der Waals surface area contributed by atoms with Crippen LogP contribution in [0.5, 0.6) is 11.5 Å². The quantitative estimate of drug-likeness (QED) is 0.726. The van der Waals surface area contributed by atoms with Crippen molar-refractivity contribution < 1.29 is 14.6 Å². The molecule has 1 saturated carbocycles. The lowest BCUT2D eigenvalue weighted by atomic mass is 9.66. The van der Waals surface area contributed by atoms with E-state index in [4.69, 9.17) is 21.1 Å². The van der Waals surface area contributed by atoms with E-state index in [2.05, 4.69) is 17.0 Å². The molecule has 1 N–H and O–H groups in total. The van der Waals surface area contributed by atoms with Gasteiger partial charge in [-0.2, -0.15) is 0 Å². The largest absolute Gasteiger partial charge is 0.497 e. The van der Waals surface area contributed by atoms with Crippen LogP contribution in [0.15, 0.2) is 42.5 Å². The number of nitrogens with zero attached hydrogens (tertiary/aromatic N) is 1. The van der Waals surface area contributed by atoms with Crippen molar-refractivity contribution in [3.8, 4) is 11.5 Å². The second-order valence-corrected chi connectivity index (χ2v) is 8.73. The van der Waals surface area contributed by atoms with Crippen molar-refractivity contribution in [3.63, 3.8) is 0 Å². The lowest BCUT2D eigenvalue weighted by Gasteiger charge is -2.53. The minimum absolute atomic E-state index is 0.0513. The Balaban J connectivity index is 1.78. The van der Waals surface area contributed by atoms with E-state index < -0.39 is 5.60 Å². The maximum atomic E-state index is 11.5. The average Bonchev–Trinajstić information content (AvgIpc) is 2.74. The van der Waals surface area contributed by atoms with Gasteiger partial charge in [-0.3, -0.25) is 4.90 Å². The van der Waals surface area contributed by atoms with Crippen molar-refractivity contribution in [2.45, 2.75) is 50.3 Å². The first kappa shape index (κ1) is 20.5. The lowest BCUT2D eigenvalue weighted by molar-refractivity contribution is -0.126. The number of piperidine rings is 1. The van der Waals surface area contributed by atoms with Gasteiger partial charge in [-0.15, -0.1) is 0 Å². The van der Waals surface area contributed by atoms with Crippen molar-refractivity contribution >= 4 is 11.6 Å². The molecule has 1 saturated heterocycles. The first-order valence-electron chi connectivity index (χ1n) is 10.5. The third-order valence-corrected chi connectivity index (χ3v) is 7.13. The summed E-state index contributed by atoms with van der Waals surface area (Å²) in [4.78, 5) is 2.46. The summed E-state index contributed by atoms with van der Waals surface area (Å²) in [5, 5.41) is 12.3. The Hall–Kier alpha value is -1.75. The minimum atomic E-state index is -0.617. The molecule has 2 aromatic rings. The van der Waals surface area contributed by atoms with E-state index in [-0.39, 0.29) is 12.0 Å². The summed E-state index contributed by atoms with van der Waals surface area (Å²) in [7, 11) is 3.39. The SMILES string of the molecule is COc1ccc(OC)c([C@H]2[C@H]3CCCC[C@]3(O)CCN2Cc2ccccc2Cl)c1. The van der Waals surface area contributed by atoms with Crippen LogP contribution in [0.3, 0.4) is 0 Å². The van der Waals surface area contributed by atoms with Gasteiger partial charge in [0.05, 0.1) is 19.8 Å². The van der Waals surface area contributed by atoms with Crippen LogP contribution in [0.2, 0.25) is 5.02 Å². The maximum Gasteiger partial charge on any atom is 0.123 e. The van der Waals surface area contributed by atoms with Crippen LogP contribution in [0.1, 0.15) is 49.3 Å². The molecule has 5 heteroatoms. The van der Waals surface area contributed by atoms with Gasteiger partial charge < -0.3 is 14.6 Å². The number of hydrogen-bond donors (Lipinski definition) is 1. The summed E-state index contributed by atoms with van der Waals surface area (Å²) in [5.41, 5.74) is 1.58. The Morgan fingerprint density at radius 2 is 1.93 bits per heavy atom. The molecule has 3 atom stereocenters. The highest BCUT2D eigenvalue weighted by molar-refractivity contribution is 6.31. The summed E-state index contributed by atoms with van der Waals surface area (Å²) < 4.78 is 11.3. The molecule has 0 amide bonds. The second-order valence-electron chi connectivity index (χ2n) is 8.32. The van der Waals surface area contributed by atoms with E-state index in [0.29, 0.717) is 0 Å². The highest BCUT2D eigenvalue weighted by Gasteiger charge is 2.49. The van der Waals surface area contributed by atoms with Gasteiger partial charge in [-0.05, 0) is 49.1 Å². The molecule has 29 heavy (non-hydrogen) atoms. The van der Waals surface area contributed by atoms with Crippen LogP contribution in [-0.4, -0.2) is 36.4 Å². The molecular formula is C24H30ClNO3. The van der Waals surface area contributed by atoms with E-state index >= 15 is 0 Å². The predicted molar refractivity (Wildman–Crippen MR) is 116 cm³/mol. The van der Waals surface area contributed by atoms with Gasteiger partial charge in [0.15, 0.2) is 0 Å². The molecule has 1 aliphatic heterocycles. The first-order chi connectivity index (χ1) is 14.1. The third kappa shape index (κ3) is 3.98. The number of hydrogen-bond acceptors (Lipinski definition) is 4. The average molecular weight is 416 g/mol. The van der Waals surface area contributed by atoms with Gasteiger partial charge in [0, 0.05) is 35.6 Å². The Morgan fingerprint density at radius 1 is 1.10 bits per heavy atom. The van der Waals surface area contributed by atoms with Gasteiger partial charge in [-0.1, -0.05) is 42.6 Å². The molecule has 2 fully saturated rings. The first-order valence-corrected chi connectivity index (χ1v) is 10.9. The van der Waals surface area contributed by atoms with Gasteiger partial charge in [0.1, 0.15) is 11.5 Å². The third-order valence-electron chi connectivity index (χ3n) is 6.76. The van der Waals surface area contributed by atoms with E-state index in [1.54, 1.807) is 14.2 Å². The van der Waals surface area contributed by atoms with E-state index in [9.17, 15) is 5.11 Å². The van der Waals surface area contributed by atoms with Crippen LogP contribution in [-0.2, 0) is 6.54 Å². The standard InChI is InChI=1S/C24H30ClNO3/c1-28-18-10-11-22(29-2)19(15-18)23-20-8-5-6-12-24(20,27)13-14-26(23)16-17-7-3-4-9-21(17)25/h3-4,7,9-11,15,20,23,27H,5-6,8,12-14,16H2,1-2H3/t20-,23+,24+/m1/s1. The van der Waals surface area contributed by atoms with Crippen LogP contribution in [0.4, 0.5) is 0 Å². The number of aliphatic hydroxyl groups is 1. The summed E-state index contributed by atoms with van der Waals surface area (Å²) in [6, 6.07) is 14.0. The predicted octanol–water partition coefficient (Wildman–Crippen LogP) is 5.23. The molecular weight excluding hydrogens is 386 g/mol. The number of likely N-dealkylation sites (tertiary alicyclic amines) is 1. The number of halogens is 1. The molecule has 0 radical (unpaired) electrons. The molecule has 0 bridgehead atoms. The zero-order valence-electron chi connectivity index (χ0n) is 17.2. The molecule has 0 unspecified atom stereocenters. The zero-order valence-corrected chi connectivity index (χ0v) is 18.0. The van der Waals surface area contributed by atoms with Crippen LogP contribution >= 0.6 is 11.6 Å². The van der Waals surface area contributed by atoms with Crippen molar-refractivity contribution in [2.24, 2.45) is 5.92 Å². The maximum absolute atomic E-state index is 11.5. The molecule has 1 aliphatic carbocycles. The topological polar surface area (TPSA) is 41.9 Å². The van der Waals surface area contributed by atoms with Gasteiger partial charge in [0.25, 0.3) is 0 Å². The van der Waals surface area contributed by atoms with Crippen molar-refractivity contribution in [1.82, 2.24) is 4.90 Å². The number of fused-ring (bicyclic) bond motifs is 1. The van der Waals surface area contributed by atoms with E-state index in [0.717, 1.165) is 72.8 Å². The van der Waals surface area contributed by atoms with Crippen LogP contribution in [0.25, 0.3) is 0 Å². The Morgan fingerprint density at radius 3 is 2.69 bits per heavy atom. The van der Waals surface area contributed by atoms with Gasteiger partial charge in [0.2, 0.25) is 0 Å². The smallest absolute Gasteiger partial charge is 0.123 e. The summed E-state index contributed by atoms with van der Waals surface area (Å²) in [5.74, 6) is 1.81. The summed E-state index contributed by atoms with van der Waals surface area (Å²) in [6.45, 7) is 1.57. The molecule has 0 spiro atoms. The van der Waals surface area contributed by atoms with Crippen molar-refractivity contribution in [3.05, 3.63) is 58.6 Å². The monoisotopic (exact) mass is 415 g/mol.